The molecule has 1 unspecified atom stereocenters. The van der Waals surface area contributed by atoms with Gasteiger partial charge in [-0.3, -0.25) is 9.48 Å². The third kappa shape index (κ3) is 2.46. The molecule has 0 radical (unpaired) electrons. The van der Waals surface area contributed by atoms with E-state index in [0.29, 0.717) is 32.5 Å². The van der Waals surface area contributed by atoms with Crippen molar-refractivity contribution < 1.29 is 13.9 Å². The Hall–Kier alpha value is -1.43. The van der Waals surface area contributed by atoms with Crippen LogP contribution in [-0.2, 0) is 22.6 Å². The van der Waals surface area contributed by atoms with E-state index in [9.17, 15) is 9.18 Å². The molecule has 116 valence electrons. The summed E-state index contributed by atoms with van der Waals surface area (Å²) < 4.78 is 21.5. The number of carbonyl (C=O) groups is 1. The Morgan fingerprint density at radius 2 is 2.33 bits per heavy atom. The zero-order chi connectivity index (χ0) is 15.0. The van der Waals surface area contributed by atoms with Crippen molar-refractivity contribution in [1.29, 1.82) is 0 Å². The summed E-state index contributed by atoms with van der Waals surface area (Å²) in [6, 6.07) is 0. The second-order valence-corrected chi connectivity index (χ2v) is 6.05. The van der Waals surface area contributed by atoms with E-state index < -0.39 is 5.67 Å². The van der Waals surface area contributed by atoms with Crippen molar-refractivity contribution in [3.05, 3.63) is 17.5 Å². The fourth-order valence-corrected chi connectivity index (χ4v) is 3.20. The van der Waals surface area contributed by atoms with E-state index in [1.54, 1.807) is 12.0 Å². The number of rotatable bonds is 4. The van der Waals surface area contributed by atoms with Gasteiger partial charge in [0, 0.05) is 44.4 Å². The number of aromatic nitrogens is 2. The smallest absolute Gasteiger partial charge is 0.260 e. The van der Waals surface area contributed by atoms with Crippen LogP contribution >= 0.6 is 0 Å². The molecule has 6 heteroatoms. The van der Waals surface area contributed by atoms with Gasteiger partial charge in [0.1, 0.15) is 0 Å². The van der Waals surface area contributed by atoms with Crippen LogP contribution in [0.25, 0.3) is 0 Å². The first kappa shape index (κ1) is 14.5. The fourth-order valence-electron chi connectivity index (χ4n) is 3.20. The largest absolute Gasteiger partial charge is 0.384 e. The van der Waals surface area contributed by atoms with Crippen LogP contribution in [0.1, 0.15) is 43.4 Å². The molecule has 1 aliphatic heterocycles. The monoisotopic (exact) mass is 295 g/mol. The average molecular weight is 295 g/mol. The van der Waals surface area contributed by atoms with Gasteiger partial charge in [0.25, 0.3) is 5.91 Å². The van der Waals surface area contributed by atoms with Gasteiger partial charge in [-0.2, -0.15) is 5.10 Å². The summed E-state index contributed by atoms with van der Waals surface area (Å²) >= 11 is 0. The topological polar surface area (TPSA) is 47.4 Å². The summed E-state index contributed by atoms with van der Waals surface area (Å²) in [6.45, 7) is 4.26. The van der Waals surface area contributed by atoms with E-state index in [0.717, 1.165) is 24.2 Å². The molecule has 2 heterocycles. The Bertz CT molecular complexity index is 539. The summed E-state index contributed by atoms with van der Waals surface area (Å²) in [6.07, 6.45) is 3.48. The van der Waals surface area contributed by atoms with Crippen molar-refractivity contribution in [3.63, 3.8) is 0 Å². The number of nitrogens with zero attached hydrogens (tertiary/aromatic N) is 3. The zero-order valence-corrected chi connectivity index (χ0v) is 12.6. The van der Waals surface area contributed by atoms with Crippen LogP contribution in [0.2, 0.25) is 0 Å². The van der Waals surface area contributed by atoms with Gasteiger partial charge >= 0.3 is 0 Å². The van der Waals surface area contributed by atoms with Gasteiger partial charge in [-0.05, 0) is 26.2 Å². The minimum atomic E-state index is -1.63. The van der Waals surface area contributed by atoms with Gasteiger partial charge in [0.05, 0.1) is 12.3 Å². The molecular formula is C15H22FN3O2. The number of fused-ring (bicyclic) bond motifs is 1. The van der Waals surface area contributed by atoms with Crippen LogP contribution in [0.3, 0.4) is 0 Å². The Kier molecular flexibility index (Phi) is 3.73. The molecule has 0 spiro atoms. The number of methoxy groups -OCH3 is 1. The van der Waals surface area contributed by atoms with Crippen LogP contribution in [-0.4, -0.2) is 46.5 Å². The highest BCUT2D eigenvalue weighted by molar-refractivity contribution is 5.86. The van der Waals surface area contributed by atoms with Crippen molar-refractivity contribution in [2.75, 3.05) is 20.3 Å². The maximum atomic E-state index is 14.4. The maximum absolute atomic E-state index is 14.4. The molecule has 0 saturated heterocycles. The molecule has 0 N–H and O–H groups in total. The molecule has 1 aromatic rings. The molecular weight excluding hydrogens is 273 g/mol. The lowest BCUT2D eigenvalue weighted by Crippen LogP contribution is -2.52. The third-order valence-electron chi connectivity index (χ3n) is 4.57. The Morgan fingerprint density at radius 3 is 2.90 bits per heavy atom. The quantitative estimate of drug-likeness (QED) is 0.852. The first-order valence-corrected chi connectivity index (χ1v) is 7.61. The Balaban J connectivity index is 1.84. The number of aryl methyl sites for hydroxylation is 1. The summed E-state index contributed by atoms with van der Waals surface area (Å²) in [4.78, 5) is 14.1. The lowest BCUT2D eigenvalue weighted by atomic mass is 9.80. The number of halogens is 1. The molecule has 2 aliphatic rings. The number of amides is 1. The molecule has 1 aliphatic carbocycles. The van der Waals surface area contributed by atoms with E-state index in [4.69, 9.17) is 4.74 Å². The SMILES string of the molecule is CCn1cc2c(n1)C(COC)CN(C(=O)C1(F)CCC1)C2. The van der Waals surface area contributed by atoms with Crippen LogP contribution in [0.15, 0.2) is 6.20 Å². The molecule has 0 aromatic carbocycles. The van der Waals surface area contributed by atoms with Gasteiger partial charge in [0.2, 0.25) is 0 Å². The summed E-state index contributed by atoms with van der Waals surface area (Å²) in [5, 5.41) is 4.56. The molecule has 21 heavy (non-hydrogen) atoms. The molecule has 5 nitrogen and oxygen atoms in total. The Morgan fingerprint density at radius 1 is 1.57 bits per heavy atom. The third-order valence-corrected chi connectivity index (χ3v) is 4.57. The summed E-state index contributed by atoms with van der Waals surface area (Å²) in [7, 11) is 1.64. The van der Waals surface area contributed by atoms with Gasteiger partial charge in [-0.15, -0.1) is 0 Å². The van der Waals surface area contributed by atoms with Gasteiger partial charge < -0.3 is 9.64 Å². The zero-order valence-electron chi connectivity index (χ0n) is 12.6. The summed E-state index contributed by atoms with van der Waals surface area (Å²) in [5.74, 6) is -0.330. The van der Waals surface area contributed by atoms with Gasteiger partial charge in [-0.25, -0.2) is 4.39 Å². The molecule has 1 saturated carbocycles. The minimum absolute atomic E-state index is 0.0270. The fraction of sp³-hybridized carbons (Fsp3) is 0.733. The van der Waals surface area contributed by atoms with E-state index in [1.165, 1.54) is 0 Å². The minimum Gasteiger partial charge on any atom is -0.384 e. The van der Waals surface area contributed by atoms with Crippen LogP contribution in [0.4, 0.5) is 4.39 Å². The molecule has 1 amide bonds. The van der Waals surface area contributed by atoms with E-state index >= 15 is 0 Å². The van der Waals surface area contributed by atoms with Crippen LogP contribution in [0, 0.1) is 0 Å². The van der Waals surface area contributed by atoms with Crippen molar-refractivity contribution in [2.24, 2.45) is 0 Å². The lowest BCUT2D eigenvalue weighted by Gasteiger charge is -2.40. The van der Waals surface area contributed by atoms with Crippen LogP contribution < -0.4 is 0 Å². The predicted molar refractivity (Wildman–Crippen MR) is 75.6 cm³/mol. The van der Waals surface area contributed by atoms with Crippen molar-refractivity contribution >= 4 is 5.91 Å². The van der Waals surface area contributed by atoms with Crippen LogP contribution in [0.5, 0.6) is 0 Å². The number of ether oxygens (including phenoxy) is 1. The van der Waals surface area contributed by atoms with E-state index in [2.05, 4.69) is 5.10 Å². The highest BCUT2D eigenvalue weighted by Gasteiger charge is 2.48. The highest BCUT2D eigenvalue weighted by atomic mass is 19.1. The highest BCUT2D eigenvalue weighted by Crippen LogP contribution is 2.39. The maximum Gasteiger partial charge on any atom is 0.260 e. The average Bonchev–Trinajstić information content (AvgIpc) is 2.87. The van der Waals surface area contributed by atoms with Gasteiger partial charge in [0.15, 0.2) is 5.67 Å². The van der Waals surface area contributed by atoms with E-state index in [-0.39, 0.29) is 11.8 Å². The standard InChI is InChI=1S/C15H22FN3O2/c1-3-19-9-11-7-18(14(20)15(16)5-4-6-15)8-12(10-21-2)13(11)17-19/h9,12H,3-8,10H2,1-2H3. The number of hydrogen-bond donors (Lipinski definition) is 0. The van der Waals surface area contributed by atoms with Gasteiger partial charge in [-0.1, -0.05) is 0 Å². The Labute approximate surface area is 124 Å². The number of hydrogen-bond acceptors (Lipinski definition) is 3. The summed E-state index contributed by atoms with van der Waals surface area (Å²) in [5.41, 5.74) is 0.376. The molecule has 0 bridgehead atoms. The first-order valence-electron chi connectivity index (χ1n) is 7.61. The van der Waals surface area contributed by atoms with E-state index in [1.807, 2.05) is 17.8 Å². The predicted octanol–water partition coefficient (Wildman–Crippen LogP) is 1.87. The number of carbonyl (C=O) groups excluding carboxylic acids is 1. The molecule has 3 rings (SSSR count). The van der Waals surface area contributed by atoms with Crippen molar-refractivity contribution in [1.82, 2.24) is 14.7 Å². The molecule has 1 aromatic heterocycles. The van der Waals surface area contributed by atoms with Crippen molar-refractivity contribution in [3.8, 4) is 0 Å². The first-order chi connectivity index (χ1) is 10.1. The second-order valence-electron chi connectivity index (χ2n) is 6.05. The molecule has 1 atom stereocenters. The number of alkyl halides is 1. The van der Waals surface area contributed by atoms with Crippen molar-refractivity contribution in [2.45, 2.75) is 50.9 Å². The molecule has 1 fully saturated rings. The normalized spacial score (nSPS) is 23.6. The lowest BCUT2D eigenvalue weighted by molar-refractivity contribution is -0.151. The second kappa shape index (κ2) is 5.40.